The Morgan fingerprint density at radius 2 is 2.19 bits per heavy atom. The van der Waals surface area contributed by atoms with E-state index in [9.17, 15) is 10.1 Å². The molecule has 3 rings (SSSR count). The Hall–Kier alpha value is -2.61. The van der Waals surface area contributed by atoms with Gasteiger partial charge >= 0.3 is 0 Å². The smallest absolute Gasteiger partial charge is 0.199 e. The van der Waals surface area contributed by atoms with Gasteiger partial charge in [0.05, 0.1) is 23.7 Å². The second-order valence-corrected chi connectivity index (χ2v) is 7.25. The van der Waals surface area contributed by atoms with Crippen molar-refractivity contribution < 1.29 is 4.74 Å². The lowest BCUT2D eigenvalue weighted by Gasteiger charge is -2.33. The highest BCUT2D eigenvalue weighted by molar-refractivity contribution is 5.64. The van der Waals surface area contributed by atoms with Crippen molar-refractivity contribution in [2.45, 2.75) is 53.0 Å². The second kappa shape index (κ2) is 7.33. The van der Waals surface area contributed by atoms with Crippen molar-refractivity contribution in [3.8, 4) is 23.2 Å². The number of rotatable bonds is 5. The lowest BCUT2D eigenvalue weighted by molar-refractivity contribution is 0.304. The molecule has 0 fully saturated rings. The summed E-state index contributed by atoms with van der Waals surface area (Å²) >= 11 is 0. The number of aryl methyl sites for hydroxylation is 1. The van der Waals surface area contributed by atoms with Crippen LogP contribution in [0.25, 0.3) is 11.4 Å². The van der Waals surface area contributed by atoms with Gasteiger partial charge in [-0.2, -0.15) is 5.26 Å². The number of fused-ring (bicyclic) bond motifs is 3. The fraction of sp³-hybridized carbons (Fsp3) is 0.476. The van der Waals surface area contributed by atoms with Crippen LogP contribution in [0.3, 0.4) is 0 Å². The average Bonchev–Trinajstić information content (AvgIpc) is 2.61. The number of nitrogens with zero attached hydrogens (tertiary/aromatic N) is 3. The summed E-state index contributed by atoms with van der Waals surface area (Å²) in [4.78, 5) is 17.0. The van der Waals surface area contributed by atoms with E-state index in [1.54, 1.807) is 12.3 Å². The first-order chi connectivity index (χ1) is 12.5. The third kappa shape index (κ3) is 3.24. The summed E-state index contributed by atoms with van der Waals surface area (Å²) in [6.45, 7) is 9.07. The third-order valence-electron chi connectivity index (χ3n) is 5.00. The van der Waals surface area contributed by atoms with E-state index >= 15 is 0 Å². The maximum Gasteiger partial charge on any atom is 0.199 e. The van der Waals surface area contributed by atoms with Crippen molar-refractivity contribution in [2.75, 3.05) is 6.61 Å². The number of pyridine rings is 2. The lowest BCUT2D eigenvalue weighted by Crippen LogP contribution is -2.27. The van der Waals surface area contributed by atoms with Crippen LogP contribution in [0.15, 0.2) is 23.1 Å². The molecule has 0 saturated carbocycles. The first-order valence-corrected chi connectivity index (χ1v) is 9.26. The molecule has 1 aliphatic rings. The monoisotopic (exact) mass is 351 g/mol. The van der Waals surface area contributed by atoms with Crippen molar-refractivity contribution in [2.24, 2.45) is 5.92 Å². The van der Waals surface area contributed by atoms with E-state index < -0.39 is 0 Å². The zero-order valence-electron chi connectivity index (χ0n) is 15.9. The molecular weight excluding hydrogens is 326 g/mol. The van der Waals surface area contributed by atoms with Crippen LogP contribution in [0.1, 0.15) is 56.5 Å². The molecule has 1 aliphatic heterocycles. The molecule has 2 aromatic rings. The van der Waals surface area contributed by atoms with Crippen LogP contribution in [-0.4, -0.2) is 16.2 Å². The summed E-state index contributed by atoms with van der Waals surface area (Å²) in [5, 5.41) is 9.23. The molecule has 5 heteroatoms. The molecular formula is C21H25N3O2. The van der Waals surface area contributed by atoms with Gasteiger partial charge in [-0.1, -0.05) is 27.2 Å². The Bertz CT molecular complexity index is 922. The molecule has 26 heavy (non-hydrogen) atoms. The number of hydrogen-bond acceptors (Lipinski definition) is 4. The summed E-state index contributed by atoms with van der Waals surface area (Å²) in [5.41, 5.74) is 3.47. The Labute approximate surface area is 154 Å². The van der Waals surface area contributed by atoms with Crippen LogP contribution in [0.5, 0.6) is 5.75 Å². The molecule has 0 N–H and O–H groups in total. The Morgan fingerprint density at radius 3 is 2.85 bits per heavy atom. The van der Waals surface area contributed by atoms with Crippen LogP contribution in [0.2, 0.25) is 0 Å². The predicted octanol–water partition coefficient (Wildman–Crippen LogP) is 4.02. The maximum atomic E-state index is 12.2. The van der Waals surface area contributed by atoms with Gasteiger partial charge in [-0.25, -0.2) is 4.98 Å². The predicted molar refractivity (Wildman–Crippen MR) is 101 cm³/mol. The summed E-state index contributed by atoms with van der Waals surface area (Å²) in [7, 11) is 0. The van der Waals surface area contributed by atoms with Gasteiger partial charge in [0.15, 0.2) is 5.43 Å². The highest BCUT2D eigenvalue weighted by atomic mass is 16.5. The van der Waals surface area contributed by atoms with Gasteiger partial charge in [0.25, 0.3) is 0 Å². The molecule has 0 aliphatic carbocycles. The molecule has 0 aromatic carbocycles. The largest absolute Gasteiger partial charge is 0.492 e. The second-order valence-electron chi connectivity index (χ2n) is 7.25. The molecule has 0 saturated heterocycles. The van der Waals surface area contributed by atoms with E-state index in [-0.39, 0.29) is 17.0 Å². The van der Waals surface area contributed by atoms with Crippen LogP contribution in [0.4, 0.5) is 0 Å². The summed E-state index contributed by atoms with van der Waals surface area (Å²) in [5.74, 6) is 1.19. The van der Waals surface area contributed by atoms with Crippen LogP contribution < -0.4 is 10.2 Å². The fourth-order valence-electron chi connectivity index (χ4n) is 3.45. The number of hydrogen-bond donors (Lipinski definition) is 0. The van der Waals surface area contributed by atoms with Crippen molar-refractivity contribution in [1.29, 1.82) is 5.26 Å². The van der Waals surface area contributed by atoms with E-state index in [0.29, 0.717) is 12.5 Å². The number of aromatic nitrogens is 2. The van der Waals surface area contributed by atoms with Gasteiger partial charge in [0, 0.05) is 18.3 Å². The topological polar surface area (TPSA) is 67.9 Å². The molecule has 0 radical (unpaired) electrons. The fourth-order valence-corrected chi connectivity index (χ4v) is 3.45. The summed E-state index contributed by atoms with van der Waals surface area (Å²) in [6, 6.07) is 5.81. The van der Waals surface area contributed by atoms with Crippen LogP contribution in [-0.2, 0) is 6.42 Å². The molecule has 3 heterocycles. The minimum Gasteiger partial charge on any atom is -0.492 e. The molecule has 0 bridgehead atoms. The van der Waals surface area contributed by atoms with Gasteiger partial charge in [-0.3, -0.25) is 4.79 Å². The minimum absolute atomic E-state index is 0.179. The number of unbranched alkanes of at least 4 members (excludes halogenated alkanes) is 1. The van der Waals surface area contributed by atoms with Crippen molar-refractivity contribution in [1.82, 2.24) is 9.55 Å². The van der Waals surface area contributed by atoms with Gasteiger partial charge < -0.3 is 9.30 Å². The normalized spacial score (nSPS) is 15.3. The number of nitriles is 1. The average molecular weight is 351 g/mol. The van der Waals surface area contributed by atoms with E-state index in [2.05, 4.69) is 31.4 Å². The Morgan fingerprint density at radius 1 is 1.42 bits per heavy atom. The van der Waals surface area contributed by atoms with E-state index in [1.165, 1.54) is 0 Å². The third-order valence-corrected chi connectivity index (χ3v) is 5.00. The van der Waals surface area contributed by atoms with Crippen LogP contribution in [0, 0.1) is 24.2 Å². The molecule has 136 valence electrons. The van der Waals surface area contributed by atoms with Crippen molar-refractivity contribution >= 4 is 0 Å². The van der Waals surface area contributed by atoms with E-state index in [1.807, 2.05) is 13.0 Å². The SMILES string of the molecule is CCCCOc1cc2c(nc1C)-c1cc(=O)c(C#N)cn1[C@H](C(C)C)C2. The van der Waals surface area contributed by atoms with E-state index in [4.69, 9.17) is 9.72 Å². The number of ether oxygens (including phenoxy) is 1. The van der Waals surface area contributed by atoms with Gasteiger partial charge in [-0.15, -0.1) is 0 Å². The van der Waals surface area contributed by atoms with Crippen molar-refractivity contribution in [3.63, 3.8) is 0 Å². The molecule has 5 nitrogen and oxygen atoms in total. The first-order valence-electron chi connectivity index (χ1n) is 9.26. The van der Waals surface area contributed by atoms with Gasteiger partial charge in [0.1, 0.15) is 17.4 Å². The van der Waals surface area contributed by atoms with Gasteiger partial charge in [-0.05, 0) is 37.3 Å². The molecule has 0 spiro atoms. The lowest BCUT2D eigenvalue weighted by atomic mass is 9.89. The Kier molecular flexibility index (Phi) is 5.13. The minimum atomic E-state index is -0.253. The molecule has 1 atom stereocenters. The van der Waals surface area contributed by atoms with E-state index in [0.717, 1.165) is 47.7 Å². The summed E-state index contributed by atoms with van der Waals surface area (Å²) in [6.07, 6.45) is 4.60. The standard InChI is InChI=1S/C21H25N3O2/c1-5-6-7-26-20-9-15-8-17(13(2)3)24-12-16(11-22)19(25)10-18(24)21(15)23-14(20)4/h9-10,12-13,17H,5-8H2,1-4H3/t17-/m0/s1. The highest BCUT2D eigenvalue weighted by Gasteiger charge is 2.28. The first kappa shape index (κ1) is 18.2. The Balaban J connectivity index is 2.13. The highest BCUT2D eigenvalue weighted by Crippen LogP contribution is 2.38. The van der Waals surface area contributed by atoms with Crippen LogP contribution >= 0.6 is 0 Å². The zero-order chi connectivity index (χ0) is 18.8. The molecule has 2 aromatic heterocycles. The quantitative estimate of drug-likeness (QED) is 0.763. The van der Waals surface area contributed by atoms with Crippen molar-refractivity contribution in [3.05, 3.63) is 45.4 Å². The zero-order valence-corrected chi connectivity index (χ0v) is 15.9. The summed E-state index contributed by atoms with van der Waals surface area (Å²) < 4.78 is 7.97. The van der Waals surface area contributed by atoms with Gasteiger partial charge in [0.2, 0.25) is 0 Å². The molecule has 0 amide bonds. The molecule has 0 unspecified atom stereocenters. The maximum absolute atomic E-state index is 12.2.